The summed E-state index contributed by atoms with van der Waals surface area (Å²) in [5.74, 6) is -0.707. The molecule has 0 fully saturated rings. The first kappa shape index (κ1) is 16.1. The Balaban J connectivity index is 1.83. The second kappa shape index (κ2) is 7.62. The summed E-state index contributed by atoms with van der Waals surface area (Å²) in [6.07, 6.45) is 6.23. The Labute approximate surface area is 133 Å². The lowest BCUT2D eigenvalue weighted by Crippen LogP contribution is -2.22. The van der Waals surface area contributed by atoms with Gasteiger partial charge in [-0.05, 0) is 37.0 Å². The highest BCUT2D eigenvalue weighted by molar-refractivity contribution is 6.31. The Hall–Kier alpha value is -2.32. The summed E-state index contributed by atoms with van der Waals surface area (Å²) in [5.41, 5.74) is 0.593. The van der Waals surface area contributed by atoms with Crippen molar-refractivity contribution in [3.63, 3.8) is 0 Å². The molecule has 1 aromatic rings. The molecule has 0 heterocycles. The van der Waals surface area contributed by atoms with Crippen LogP contribution in [0, 0.1) is 17.2 Å². The molecular weight excluding hydrogens is 304 g/mol. The summed E-state index contributed by atoms with van der Waals surface area (Å²) >= 11 is 5.83. The van der Waals surface area contributed by atoms with Crippen molar-refractivity contribution in [3.05, 3.63) is 40.9 Å². The van der Waals surface area contributed by atoms with Crippen LogP contribution in [-0.2, 0) is 14.3 Å². The van der Waals surface area contributed by atoms with Gasteiger partial charge in [-0.25, -0.2) is 0 Å². The van der Waals surface area contributed by atoms with Crippen LogP contribution in [0.5, 0.6) is 0 Å². The van der Waals surface area contributed by atoms with Gasteiger partial charge in [-0.15, -0.1) is 0 Å². The minimum absolute atomic E-state index is 0.202. The predicted molar refractivity (Wildman–Crippen MR) is 82.2 cm³/mol. The standard InChI is InChI=1S/C16H15ClN2O3/c17-13-6-5-12(9-18)14(8-13)19-15(20)10-22-16(21)7-11-3-1-2-4-11/h1,3,5-6,8,11H,2,4,7,10H2,(H,19,20)/t11-/m1/s1. The van der Waals surface area contributed by atoms with Crippen molar-refractivity contribution in [2.45, 2.75) is 19.3 Å². The molecule has 1 amide bonds. The number of carbonyl (C=O) groups is 2. The van der Waals surface area contributed by atoms with E-state index in [1.54, 1.807) is 6.07 Å². The van der Waals surface area contributed by atoms with Crippen LogP contribution < -0.4 is 5.32 Å². The molecule has 1 atom stereocenters. The van der Waals surface area contributed by atoms with Gasteiger partial charge in [0, 0.05) is 5.02 Å². The van der Waals surface area contributed by atoms with E-state index < -0.39 is 11.9 Å². The molecule has 1 N–H and O–H groups in total. The SMILES string of the molecule is N#Cc1ccc(Cl)cc1NC(=O)COC(=O)C[C@@H]1C=CCC1. The molecule has 1 aliphatic rings. The number of hydrogen-bond acceptors (Lipinski definition) is 4. The normalized spacial score (nSPS) is 16.1. The van der Waals surface area contributed by atoms with Gasteiger partial charge in [-0.3, -0.25) is 9.59 Å². The molecule has 22 heavy (non-hydrogen) atoms. The number of nitrogens with one attached hydrogen (secondary N) is 1. The fourth-order valence-corrected chi connectivity index (χ4v) is 2.36. The first-order valence-electron chi connectivity index (χ1n) is 6.90. The van der Waals surface area contributed by atoms with Gasteiger partial charge in [-0.1, -0.05) is 23.8 Å². The van der Waals surface area contributed by atoms with Crippen molar-refractivity contribution >= 4 is 29.2 Å². The Kier molecular flexibility index (Phi) is 5.56. The predicted octanol–water partition coefficient (Wildman–Crippen LogP) is 3.05. The van der Waals surface area contributed by atoms with Crippen molar-refractivity contribution in [3.8, 4) is 6.07 Å². The van der Waals surface area contributed by atoms with E-state index in [-0.39, 0.29) is 18.9 Å². The van der Waals surface area contributed by atoms with Crippen LogP contribution in [0.15, 0.2) is 30.4 Å². The molecule has 6 heteroatoms. The molecule has 0 radical (unpaired) electrons. The number of ether oxygens (including phenoxy) is 1. The zero-order chi connectivity index (χ0) is 15.9. The highest BCUT2D eigenvalue weighted by atomic mass is 35.5. The summed E-state index contributed by atoms with van der Waals surface area (Å²) in [4.78, 5) is 23.4. The second-order valence-corrected chi connectivity index (χ2v) is 5.42. The van der Waals surface area contributed by atoms with E-state index in [9.17, 15) is 9.59 Å². The number of anilines is 1. The topological polar surface area (TPSA) is 79.2 Å². The van der Waals surface area contributed by atoms with E-state index in [0.717, 1.165) is 12.8 Å². The van der Waals surface area contributed by atoms with E-state index in [1.165, 1.54) is 12.1 Å². The number of allylic oxidation sites excluding steroid dienone is 2. The molecule has 0 aliphatic heterocycles. The van der Waals surface area contributed by atoms with Gasteiger partial charge in [0.15, 0.2) is 6.61 Å². The molecule has 0 aromatic heterocycles. The first-order valence-corrected chi connectivity index (χ1v) is 7.28. The number of halogens is 1. The second-order valence-electron chi connectivity index (χ2n) is 4.98. The van der Waals surface area contributed by atoms with E-state index in [1.807, 2.05) is 18.2 Å². The van der Waals surface area contributed by atoms with Crippen LogP contribution in [0.2, 0.25) is 5.02 Å². The monoisotopic (exact) mass is 318 g/mol. The van der Waals surface area contributed by atoms with E-state index in [0.29, 0.717) is 16.3 Å². The molecule has 1 aliphatic carbocycles. The molecule has 0 saturated carbocycles. The zero-order valence-corrected chi connectivity index (χ0v) is 12.6. The van der Waals surface area contributed by atoms with Gasteiger partial charge < -0.3 is 10.1 Å². The number of amides is 1. The van der Waals surface area contributed by atoms with E-state index >= 15 is 0 Å². The summed E-state index contributed by atoms with van der Waals surface area (Å²) in [6, 6.07) is 6.50. The number of nitrogens with zero attached hydrogens (tertiary/aromatic N) is 1. The molecule has 2 rings (SSSR count). The lowest BCUT2D eigenvalue weighted by Gasteiger charge is -2.09. The van der Waals surface area contributed by atoms with Gasteiger partial charge in [0.25, 0.3) is 5.91 Å². The summed E-state index contributed by atoms with van der Waals surface area (Å²) in [5, 5.41) is 11.9. The number of carbonyl (C=O) groups excluding carboxylic acids is 2. The Bertz CT molecular complexity index is 649. The number of benzene rings is 1. The molecule has 114 valence electrons. The lowest BCUT2D eigenvalue weighted by atomic mass is 10.1. The van der Waals surface area contributed by atoms with Crippen molar-refractivity contribution < 1.29 is 14.3 Å². The molecule has 0 bridgehead atoms. The third-order valence-electron chi connectivity index (χ3n) is 3.28. The Morgan fingerprint density at radius 1 is 1.45 bits per heavy atom. The third kappa shape index (κ3) is 4.61. The van der Waals surface area contributed by atoms with Crippen LogP contribution in [0.4, 0.5) is 5.69 Å². The number of nitriles is 1. The van der Waals surface area contributed by atoms with E-state index in [2.05, 4.69) is 5.32 Å². The van der Waals surface area contributed by atoms with Crippen molar-refractivity contribution in [2.75, 3.05) is 11.9 Å². The molecule has 0 unspecified atom stereocenters. The fraction of sp³-hybridized carbons (Fsp3) is 0.312. The van der Waals surface area contributed by atoms with Crippen LogP contribution in [0.1, 0.15) is 24.8 Å². The quantitative estimate of drug-likeness (QED) is 0.668. The zero-order valence-electron chi connectivity index (χ0n) is 11.8. The maximum absolute atomic E-state index is 11.8. The van der Waals surface area contributed by atoms with Crippen LogP contribution in [-0.4, -0.2) is 18.5 Å². The number of rotatable bonds is 5. The smallest absolute Gasteiger partial charge is 0.306 e. The average molecular weight is 319 g/mol. The van der Waals surface area contributed by atoms with Gasteiger partial charge in [0.05, 0.1) is 17.7 Å². The number of esters is 1. The van der Waals surface area contributed by atoms with Crippen molar-refractivity contribution in [2.24, 2.45) is 5.92 Å². The van der Waals surface area contributed by atoms with Gasteiger partial charge in [-0.2, -0.15) is 5.26 Å². The molecule has 0 spiro atoms. The minimum atomic E-state index is -0.505. The molecule has 5 nitrogen and oxygen atoms in total. The maximum atomic E-state index is 11.8. The average Bonchev–Trinajstić information content (AvgIpc) is 2.98. The summed E-state index contributed by atoms with van der Waals surface area (Å²) in [6.45, 7) is -0.382. The minimum Gasteiger partial charge on any atom is -0.456 e. The Morgan fingerprint density at radius 3 is 2.95 bits per heavy atom. The van der Waals surface area contributed by atoms with Crippen LogP contribution >= 0.6 is 11.6 Å². The molecule has 1 aromatic carbocycles. The lowest BCUT2D eigenvalue weighted by molar-refractivity contribution is -0.147. The summed E-state index contributed by atoms with van der Waals surface area (Å²) < 4.78 is 4.94. The van der Waals surface area contributed by atoms with Gasteiger partial charge in [0.2, 0.25) is 0 Å². The maximum Gasteiger partial charge on any atom is 0.306 e. The van der Waals surface area contributed by atoms with E-state index in [4.69, 9.17) is 21.6 Å². The molecular formula is C16H15ClN2O3. The summed E-state index contributed by atoms with van der Waals surface area (Å²) in [7, 11) is 0. The van der Waals surface area contributed by atoms with Crippen molar-refractivity contribution in [1.82, 2.24) is 0 Å². The number of hydrogen-bond donors (Lipinski definition) is 1. The van der Waals surface area contributed by atoms with Gasteiger partial charge >= 0.3 is 5.97 Å². The first-order chi connectivity index (χ1) is 10.6. The fourth-order valence-electron chi connectivity index (χ4n) is 2.19. The van der Waals surface area contributed by atoms with Crippen molar-refractivity contribution in [1.29, 1.82) is 5.26 Å². The van der Waals surface area contributed by atoms with Gasteiger partial charge in [0.1, 0.15) is 6.07 Å². The Morgan fingerprint density at radius 2 is 2.27 bits per heavy atom. The van der Waals surface area contributed by atoms with Crippen LogP contribution in [0.25, 0.3) is 0 Å². The largest absolute Gasteiger partial charge is 0.456 e. The third-order valence-corrected chi connectivity index (χ3v) is 3.52. The van der Waals surface area contributed by atoms with Crippen LogP contribution in [0.3, 0.4) is 0 Å². The molecule has 0 saturated heterocycles. The highest BCUT2D eigenvalue weighted by Crippen LogP contribution is 2.21. The highest BCUT2D eigenvalue weighted by Gasteiger charge is 2.16.